The van der Waals surface area contributed by atoms with Gasteiger partial charge in [0.2, 0.25) is 5.95 Å². The summed E-state index contributed by atoms with van der Waals surface area (Å²) in [5.41, 5.74) is 0.771. The first-order valence-electron chi connectivity index (χ1n) is 7.86. The average molecular weight is 348 g/mol. The van der Waals surface area contributed by atoms with Gasteiger partial charge >= 0.3 is 0 Å². The van der Waals surface area contributed by atoms with E-state index in [-0.39, 0.29) is 30.2 Å². The summed E-state index contributed by atoms with van der Waals surface area (Å²) in [6.45, 7) is 1.75. The molecule has 1 aliphatic heterocycles. The van der Waals surface area contributed by atoms with Crippen molar-refractivity contribution in [2.45, 2.75) is 25.5 Å². The first-order valence-corrected chi connectivity index (χ1v) is 7.86. The highest BCUT2D eigenvalue weighted by molar-refractivity contribution is 5.93. The number of amides is 1. The van der Waals surface area contributed by atoms with Crippen molar-refractivity contribution in [2.24, 2.45) is 0 Å². The molecule has 0 radical (unpaired) electrons. The molecule has 0 spiro atoms. The number of aliphatic hydroxyl groups is 1. The molecule has 8 heteroatoms. The molecule has 0 aliphatic carbocycles. The number of β-amino-alcohol motifs (C(OH)–C–C–N with tert-alkyl or cyclic N) is 1. The number of carbonyl (C=O) groups excluding carboxylic acids is 1. The minimum absolute atomic E-state index is 0.0252. The zero-order valence-corrected chi connectivity index (χ0v) is 13.8. The molecule has 1 aliphatic rings. The Labute approximate surface area is 143 Å². The summed E-state index contributed by atoms with van der Waals surface area (Å²) < 4.78 is 27.7. The van der Waals surface area contributed by atoms with Gasteiger partial charge in [0.15, 0.2) is 0 Å². The minimum atomic E-state index is -0.816. The third-order valence-electron chi connectivity index (χ3n) is 4.15. The van der Waals surface area contributed by atoms with E-state index < -0.39 is 29.7 Å². The number of aromatic nitrogens is 2. The van der Waals surface area contributed by atoms with Crippen LogP contribution in [0.1, 0.15) is 34.2 Å². The molecule has 6 nitrogen and oxygen atoms in total. The number of halogens is 2. The normalized spacial score (nSPS) is 20.0. The van der Waals surface area contributed by atoms with Crippen LogP contribution in [0.3, 0.4) is 0 Å². The maximum absolute atomic E-state index is 14.1. The van der Waals surface area contributed by atoms with Gasteiger partial charge in [0.05, 0.1) is 12.1 Å². The summed E-state index contributed by atoms with van der Waals surface area (Å²) >= 11 is 0. The van der Waals surface area contributed by atoms with Crippen molar-refractivity contribution in [2.75, 3.05) is 18.9 Å². The maximum Gasteiger partial charge on any atom is 0.273 e. The van der Waals surface area contributed by atoms with E-state index in [1.165, 1.54) is 11.0 Å². The number of likely N-dealkylation sites (tertiary alicyclic amines) is 1. The topological polar surface area (TPSA) is 78.4 Å². The van der Waals surface area contributed by atoms with Gasteiger partial charge in [0, 0.05) is 24.8 Å². The molecule has 2 aromatic rings. The standard InChI is InChI=1S/C17H18F2N4O2/c1-9-5-14(22-17(20-2)21-9)16(25)23-8-11(24)7-15(23)12-6-10(18)3-4-13(12)19/h3-6,11,15,24H,7-8H2,1-2H3,(H,20,21,22)/t11-,15-/m0/s1. The number of nitrogens with zero attached hydrogens (tertiary/aromatic N) is 3. The highest BCUT2D eigenvalue weighted by Crippen LogP contribution is 2.35. The summed E-state index contributed by atoms with van der Waals surface area (Å²) in [6, 6.07) is 3.86. The van der Waals surface area contributed by atoms with Crippen LogP contribution >= 0.6 is 0 Å². The smallest absolute Gasteiger partial charge is 0.273 e. The molecule has 1 aromatic carbocycles. The van der Waals surface area contributed by atoms with Crippen LogP contribution in [-0.2, 0) is 0 Å². The Morgan fingerprint density at radius 3 is 2.80 bits per heavy atom. The van der Waals surface area contributed by atoms with Gasteiger partial charge in [-0.2, -0.15) is 0 Å². The third kappa shape index (κ3) is 3.43. The largest absolute Gasteiger partial charge is 0.391 e. The lowest BCUT2D eigenvalue weighted by Gasteiger charge is -2.25. The zero-order valence-electron chi connectivity index (χ0n) is 13.8. The zero-order chi connectivity index (χ0) is 18.1. The van der Waals surface area contributed by atoms with E-state index in [4.69, 9.17) is 0 Å². The summed E-state index contributed by atoms with van der Waals surface area (Å²) in [6.07, 6.45) is -0.682. The molecule has 132 valence electrons. The highest BCUT2D eigenvalue weighted by atomic mass is 19.1. The van der Waals surface area contributed by atoms with Crippen LogP contribution in [0.4, 0.5) is 14.7 Å². The van der Waals surface area contributed by atoms with Gasteiger partial charge in [0.1, 0.15) is 17.3 Å². The predicted octanol–water partition coefficient (Wildman–Crippen LogP) is 2.05. The van der Waals surface area contributed by atoms with Crippen LogP contribution in [0.25, 0.3) is 0 Å². The van der Waals surface area contributed by atoms with E-state index in [1.807, 2.05) is 0 Å². The maximum atomic E-state index is 14.1. The highest BCUT2D eigenvalue weighted by Gasteiger charge is 2.37. The molecule has 3 rings (SSSR count). The van der Waals surface area contributed by atoms with Crippen molar-refractivity contribution in [3.63, 3.8) is 0 Å². The molecular weight excluding hydrogens is 330 g/mol. The fourth-order valence-corrected chi connectivity index (χ4v) is 3.04. The summed E-state index contributed by atoms with van der Waals surface area (Å²) in [5.74, 6) is -1.39. The quantitative estimate of drug-likeness (QED) is 0.888. The summed E-state index contributed by atoms with van der Waals surface area (Å²) in [5, 5.41) is 12.8. The second-order valence-electron chi connectivity index (χ2n) is 6.00. The van der Waals surface area contributed by atoms with Gasteiger partial charge in [-0.05, 0) is 37.6 Å². The van der Waals surface area contributed by atoms with E-state index in [9.17, 15) is 18.7 Å². The van der Waals surface area contributed by atoms with E-state index >= 15 is 0 Å². The van der Waals surface area contributed by atoms with Crippen molar-refractivity contribution in [1.82, 2.24) is 14.9 Å². The van der Waals surface area contributed by atoms with Crippen LogP contribution in [-0.4, -0.2) is 45.6 Å². The van der Waals surface area contributed by atoms with Gasteiger partial charge in [0.25, 0.3) is 5.91 Å². The van der Waals surface area contributed by atoms with Gasteiger partial charge < -0.3 is 15.3 Å². The second kappa shape index (κ2) is 6.72. The molecule has 2 N–H and O–H groups in total. The summed E-state index contributed by atoms with van der Waals surface area (Å²) in [4.78, 5) is 22.5. The van der Waals surface area contributed by atoms with Gasteiger partial charge in [-0.15, -0.1) is 0 Å². The molecule has 1 saturated heterocycles. The van der Waals surface area contributed by atoms with Crippen LogP contribution < -0.4 is 5.32 Å². The number of rotatable bonds is 3. The van der Waals surface area contributed by atoms with Crippen LogP contribution in [0, 0.1) is 18.6 Å². The van der Waals surface area contributed by atoms with E-state index in [1.54, 1.807) is 14.0 Å². The minimum Gasteiger partial charge on any atom is -0.391 e. The Hall–Kier alpha value is -2.61. The fraction of sp³-hybridized carbons (Fsp3) is 0.353. The lowest BCUT2D eigenvalue weighted by Crippen LogP contribution is -2.33. The SMILES string of the molecule is CNc1nc(C)cc(C(=O)N2C[C@@H](O)C[C@H]2c2cc(F)ccc2F)n1. The number of carbonyl (C=O) groups is 1. The number of aliphatic hydroxyl groups excluding tert-OH is 1. The van der Waals surface area contributed by atoms with E-state index in [2.05, 4.69) is 15.3 Å². The Bertz CT molecular complexity index is 815. The lowest BCUT2D eigenvalue weighted by molar-refractivity contribution is 0.0707. The van der Waals surface area contributed by atoms with Crippen molar-refractivity contribution < 1.29 is 18.7 Å². The Kier molecular flexibility index (Phi) is 4.63. The van der Waals surface area contributed by atoms with Gasteiger partial charge in [-0.1, -0.05) is 0 Å². The third-order valence-corrected chi connectivity index (χ3v) is 4.15. The first-order chi connectivity index (χ1) is 11.9. The number of hydrogen-bond acceptors (Lipinski definition) is 5. The molecular formula is C17H18F2N4O2. The van der Waals surface area contributed by atoms with Crippen LogP contribution in [0.5, 0.6) is 0 Å². The molecule has 1 fully saturated rings. The Morgan fingerprint density at radius 1 is 1.32 bits per heavy atom. The van der Waals surface area contributed by atoms with Gasteiger partial charge in [-0.3, -0.25) is 4.79 Å². The number of hydrogen-bond donors (Lipinski definition) is 2. The molecule has 1 aromatic heterocycles. The van der Waals surface area contributed by atoms with Crippen LogP contribution in [0.15, 0.2) is 24.3 Å². The second-order valence-corrected chi connectivity index (χ2v) is 6.00. The molecule has 0 bridgehead atoms. The predicted molar refractivity (Wildman–Crippen MR) is 87.1 cm³/mol. The van der Waals surface area contributed by atoms with Crippen molar-refractivity contribution in [3.05, 3.63) is 52.9 Å². The lowest BCUT2D eigenvalue weighted by atomic mass is 10.0. The van der Waals surface area contributed by atoms with Crippen molar-refractivity contribution in [1.29, 1.82) is 0 Å². The molecule has 0 unspecified atom stereocenters. The number of aryl methyl sites for hydroxylation is 1. The number of anilines is 1. The van der Waals surface area contributed by atoms with Gasteiger partial charge in [-0.25, -0.2) is 18.7 Å². The molecule has 2 atom stereocenters. The fourth-order valence-electron chi connectivity index (χ4n) is 3.04. The molecule has 1 amide bonds. The van der Waals surface area contributed by atoms with Crippen molar-refractivity contribution in [3.8, 4) is 0 Å². The first kappa shape index (κ1) is 17.2. The van der Waals surface area contributed by atoms with Crippen LogP contribution in [0.2, 0.25) is 0 Å². The molecule has 0 saturated carbocycles. The Balaban J connectivity index is 1.98. The van der Waals surface area contributed by atoms with Crippen molar-refractivity contribution >= 4 is 11.9 Å². The average Bonchev–Trinajstić information content (AvgIpc) is 2.97. The molecule has 2 heterocycles. The van der Waals surface area contributed by atoms with E-state index in [0.29, 0.717) is 5.69 Å². The number of nitrogens with one attached hydrogen (secondary N) is 1. The van der Waals surface area contributed by atoms with E-state index in [0.717, 1.165) is 18.2 Å². The monoisotopic (exact) mass is 348 g/mol. The molecule has 25 heavy (non-hydrogen) atoms. The number of benzene rings is 1. The Morgan fingerprint density at radius 2 is 2.08 bits per heavy atom. The summed E-state index contributed by atoms with van der Waals surface area (Å²) in [7, 11) is 1.63.